The number of pyridine rings is 1. The third-order valence-corrected chi connectivity index (χ3v) is 4.57. The number of amides is 1. The zero-order valence-corrected chi connectivity index (χ0v) is 14.4. The molecule has 9 heteroatoms. The molecule has 0 atom stereocenters. The van der Waals surface area contributed by atoms with Gasteiger partial charge in [-0.3, -0.25) is 14.3 Å². The van der Waals surface area contributed by atoms with E-state index in [1.54, 1.807) is 41.2 Å². The maximum Gasteiger partial charge on any atom is 0.263 e. The molecule has 134 valence electrons. The summed E-state index contributed by atoms with van der Waals surface area (Å²) in [6, 6.07) is 5.14. The minimum Gasteiger partial charge on any atom is -0.332 e. The maximum absolute atomic E-state index is 12.9. The first kappa shape index (κ1) is 16.2. The highest BCUT2D eigenvalue weighted by Gasteiger charge is 2.25. The lowest BCUT2D eigenvalue weighted by Crippen LogP contribution is -2.36. The summed E-state index contributed by atoms with van der Waals surface area (Å²) in [5, 5.41) is 12.7. The molecule has 0 N–H and O–H groups in total. The van der Waals surface area contributed by atoms with E-state index in [1.165, 1.54) is 4.57 Å². The van der Waals surface area contributed by atoms with Crippen molar-refractivity contribution < 1.29 is 4.79 Å². The molecule has 0 spiro atoms. The van der Waals surface area contributed by atoms with Gasteiger partial charge in [-0.05, 0) is 24.6 Å². The number of nitrogens with zero attached hydrogens (tertiary/aromatic N) is 7. The molecule has 1 aliphatic rings. The Balaban J connectivity index is 1.63. The van der Waals surface area contributed by atoms with E-state index in [0.29, 0.717) is 26.2 Å². The van der Waals surface area contributed by atoms with Gasteiger partial charge < -0.3 is 9.47 Å². The Morgan fingerprint density at radius 3 is 2.92 bits per heavy atom. The molecule has 0 bridgehead atoms. The fraction of sp³-hybridized carbons (Fsp3) is 0.353. The van der Waals surface area contributed by atoms with Crippen LogP contribution in [0.15, 0.2) is 41.6 Å². The van der Waals surface area contributed by atoms with Crippen LogP contribution in [-0.2, 0) is 26.7 Å². The van der Waals surface area contributed by atoms with Crippen LogP contribution in [0.4, 0.5) is 0 Å². The Labute approximate surface area is 149 Å². The van der Waals surface area contributed by atoms with Crippen LogP contribution < -0.4 is 5.56 Å². The first-order valence-corrected chi connectivity index (χ1v) is 8.47. The molecule has 4 heterocycles. The number of aryl methyl sites for hydroxylation is 2. The first-order chi connectivity index (χ1) is 12.6. The largest absolute Gasteiger partial charge is 0.332 e. The molecule has 0 radical (unpaired) electrons. The lowest BCUT2D eigenvalue weighted by Gasteiger charge is -2.20. The molecule has 9 nitrogen and oxygen atoms in total. The van der Waals surface area contributed by atoms with E-state index in [2.05, 4.69) is 15.4 Å². The zero-order chi connectivity index (χ0) is 18.1. The van der Waals surface area contributed by atoms with Gasteiger partial charge in [-0.25, -0.2) is 4.68 Å². The second-order valence-electron chi connectivity index (χ2n) is 6.33. The standard InChI is InChI=1S/C17H19N7O2/c1-21-7-2-5-13(16(21)25)17(26)22-8-4-10-24-15(12-22)14(19-20-24)11-23-9-3-6-18-23/h2-3,5-7,9H,4,8,10-12H2,1H3. The molecule has 0 aromatic carbocycles. The van der Waals surface area contributed by atoms with Crippen molar-refractivity contribution in [2.75, 3.05) is 6.54 Å². The molecule has 0 unspecified atom stereocenters. The normalized spacial score (nSPS) is 14.1. The van der Waals surface area contributed by atoms with Crippen LogP contribution in [0, 0.1) is 0 Å². The van der Waals surface area contributed by atoms with E-state index in [4.69, 9.17) is 0 Å². The molecule has 1 aliphatic heterocycles. The van der Waals surface area contributed by atoms with Crippen molar-refractivity contribution in [1.29, 1.82) is 0 Å². The van der Waals surface area contributed by atoms with Gasteiger partial charge in [0.2, 0.25) is 0 Å². The zero-order valence-electron chi connectivity index (χ0n) is 14.4. The van der Waals surface area contributed by atoms with E-state index in [9.17, 15) is 9.59 Å². The third-order valence-electron chi connectivity index (χ3n) is 4.57. The quantitative estimate of drug-likeness (QED) is 0.674. The summed E-state index contributed by atoms with van der Waals surface area (Å²) in [5.41, 5.74) is 1.57. The van der Waals surface area contributed by atoms with Crippen molar-refractivity contribution in [3.63, 3.8) is 0 Å². The summed E-state index contributed by atoms with van der Waals surface area (Å²) >= 11 is 0. The van der Waals surface area contributed by atoms with Gasteiger partial charge in [-0.1, -0.05) is 5.21 Å². The summed E-state index contributed by atoms with van der Waals surface area (Å²) in [6.07, 6.45) is 5.97. The SMILES string of the molecule is Cn1cccc(C(=O)N2CCCn3nnc(Cn4cccn4)c3C2)c1=O. The molecular formula is C17H19N7O2. The Morgan fingerprint density at radius 2 is 2.12 bits per heavy atom. The number of carbonyl (C=O) groups excluding carboxylic acids is 1. The van der Waals surface area contributed by atoms with Crippen molar-refractivity contribution in [2.45, 2.75) is 26.1 Å². The maximum atomic E-state index is 12.9. The number of fused-ring (bicyclic) bond motifs is 1. The Kier molecular flexibility index (Phi) is 4.11. The summed E-state index contributed by atoms with van der Waals surface area (Å²) in [7, 11) is 1.64. The van der Waals surface area contributed by atoms with Crippen LogP contribution in [-0.4, -0.2) is 46.7 Å². The summed E-state index contributed by atoms with van der Waals surface area (Å²) in [6.45, 7) is 2.14. The van der Waals surface area contributed by atoms with Crippen molar-refractivity contribution in [1.82, 2.24) is 34.2 Å². The molecule has 0 saturated carbocycles. The highest BCUT2D eigenvalue weighted by Crippen LogP contribution is 2.17. The molecule has 0 aliphatic carbocycles. The van der Waals surface area contributed by atoms with E-state index < -0.39 is 0 Å². The van der Waals surface area contributed by atoms with Crippen molar-refractivity contribution in [2.24, 2.45) is 7.05 Å². The van der Waals surface area contributed by atoms with Crippen LogP contribution in [0.2, 0.25) is 0 Å². The highest BCUT2D eigenvalue weighted by atomic mass is 16.2. The average molecular weight is 353 g/mol. The number of aromatic nitrogens is 6. The molecule has 0 fully saturated rings. The Hall–Kier alpha value is -3.23. The molecule has 4 rings (SSSR count). The average Bonchev–Trinajstić information content (AvgIpc) is 3.22. The molecule has 3 aromatic rings. The second-order valence-corrected chi connectivity index (χ2v) is 6.33. The van der Waals surface area contributed by atoms with Crippen LogP contribution in [0.1, 0.15) is 28.2 Å². The Morgan fingerprint density at radius 1 is 1.23 bits per heavy atom. The summed E-state index contributed by atoms with van der Waals surface area (Å²) in [4.78, 5) is 26.9. The lowest BCUT2D eigenvalue weighted by molar-refractivity contribution is 0.0743. The lowest BCUT2D eigenvalue weighted by atomic mass is 10.2. The van der Waals surface area contributed by atoms with Gasteiger partial charge in [0, 0.05) is 38.7 Å². The smallest absolute Gasteiger partial charge is 0.263 e. The van der Waals surface area contributed by atoms with Gasteiger partial charge in [0.1, 0.15) is 11.3 Å². The number of hydrogen-bond acceptors (Lipinski definition) is 5. The molecular weight excluding hydrogens is 334 g/mol. The topological polar surface area (TPSA) is 90.8 Å². The minimum absolute atomic E-state index is 0.185. The molecule has 26 heavy (non-hydrogen) atoms. The van der Waals surface area contributed by atoms with E-state index in [0.717, 1.165) is 17.8 Å². The van der Waals surface area contributed by atoms with Crippen LogP contribution in [0.3, 0.4) is 0 Å². The third kappa shape index (κ3) is 2.92. The highest BCUT2D eigenvalue weighted by molar-refractivity contribution is 5.93. The number of rotatable bonds is 3. The van der Waals surface area contributed by atoms with Crippen molar-refractivity contribution in [3.8, 4) is 0 Å². The summed E-state index contributed by atoms with van der Waals surface area (Å²) in [5.74, 6) is -0.258. The predicted molar refractivity (Wildman–Crippen MR) is 92.4 cm³/mol. The van der Waals surface area contributed by atoms with Gasteiger partial charge in [0.15, 0.2) is 0 Å². The van der Waals surface area contributed by atoms with Crippen molar-refractivity contribution in [3.05, 3.63) is 64.1 Å². The fourth-order valence-electron chi connectivity index (χ4n) is 3.17. The van der Waals surface area contributed by atoms with Gasteiger partial charge >= 0.3 is 0 Å². The molecule has 0 saturated heterocycles. The second kappa shape index (κ2) is 6.58. The van der Waals surface area contributed by atoms with Crippen LogP contribution >= 0.6 is 0 Å². The predicted octanol–water partition coefficient (Wildman–Crippen LogP) is 0.268. The van der Waals surface area contributed by atoms with Crippen LogP contribution in [0.5, 0.6) is 0 Å². The van der Waals surface area contributed by atoms with Gasteiger partial charge in [-0.15, -0.1) is 5.10 Å². The Bertz CT molecular complexity index is 987. The minimum atomic E-state index is -0.287. The first-order valence-electron chi connectivity index (χ1n) is 8.47. The van der Waals surface area contributed by atoms with E-state index in [1.807, 2.05) is 16.9 Å². The van der Waals surface area contributed by atoms with Crippen LogP contribution in [0.25, 0.3) is 0 Å². The van der Waals surface area contributed by atoms with Gasteiger partial charge in [0.05, 0.1) is 18.8 Å². The van der Waals surface area contributed by atoms with E-state index in [-0.39, 0.29) is 17.0 Å². The monoisotopic (exact) mass is 353 g/mol. The van der Waals surface area contributed by atoms with Gasteiger partial charge in [0.25, 0.3) is 11.5 Å². The molecule has 1 amide bonds. The van der Waals surface area contributed by atoms with E-state index >= 15 is 0 Å². The fourth-order valence-corrected chi connectivity index (χ4v) is 3.17. The number of hydrogen-bond donors (Lipinski definition) is 0. The summed E-state index contributed by atoms with van der Waals surface area (Å²) < 4.78 is 5.03. The number of carbonyl (C=O) groups is 1. The van der Waals surface area contributed by atoms with Crippen molar-refractivity contribution >= 4 is 5.91 Å². The molecule has 3 aromatic heterocycles. The van der Waals surface area contributed by atoms with Gasteiger partial charge in [-0.2, -0.15) is 5.10 Å².